The van der Waals surface area contributed by atoms with Crippen LogP contribution in [0.3, 0.4) is 0 Å². The minimum Gasteiger partial charge on any atom is -0.493 e. The van der Waals surface area contributed by atoms with Crippen molar-refractivity contribution in [2.75, 3.05) is 19.7 Å². The standard InChI is InChI=1S/C19H29ClN2O2/c1-2-12-24-18-9-5-4-8-16(18)15(14-23)13-17(21)19(20)22-10-6-3-7-11-22/h4-5,8-9,14-15,17,19H,2-3,6-7,10-13,21H2,1H3. The Balaban J connectivity index is 2.04. The average molecular weight is 353 g/mol. The Labute approximate surface area is 150 Å². The fraction of sp³-hybridized carbons (Fsp3) is 0.632. The van der Waals surface area contributed by atoms with Crippen molar-refractivity contribution < 1.29 is 9.53 Å². The van der Waals surface area contributed by atoms with Crippen molar-refractivity contribution in [1.29, 1.82) is 0 Å². The molecule has 134 valence electrons. The molecule has 1 aromatic carbocycles. The maximum absolute atomic E-state index is 11.7. The molecule has 4 nitrogen and oxygen atoms in total. The first-order valence-corrected chi connectivity index (χ1v) is 9.41. The highest BCUT2D eigenvalue weighted by molar-refractivity contribution is 6.20. The lowest BCUT2D eigenvalue weighted by Crippen LogP contribution is -2.47. The van der Waals surface area contributed by atoms with E-state index in [1.165, 1.54) is 19.3 Å². The van der Waals surface area contributed by atoms with E-state index in [9.17, 15) is 4.79 Å². The third-order valence-electron chi connectivity index (χ3n) is 4.56. The van der Waals surface area contributed by atoms with Crippen molar-refractivity contribution >= 4 is 17.9 Å². The van der Waals surface area contributed by atoms with Gasteiger partial charge in [0.25, 0.3) is 0 Å². The average Bonchev–Trinajstić information content (AvgIpc) is 2.64. The van der Waals surface area contributed by atoms with Crippen LogP contribution in [0.4, 0.5) is 0 Å². The molecule has 2 N–H and O–H groups in total. The van der Waals surface area contributed by atoms with Gasteiger partial charge in [0.05, 0.1) is 6.61 Å². The van der Waals surface area contributed by atoms with Crippen molar-refractivity contribution in [1.82, 2.24) is 4.90 Å². The summed E-state index contributed by atoms with van der Waals surface area (Å²) in [4.78, 5) is 13.9. The van der Waals surface area contributed by atoms with E-state index in [1.807, 2.05) is 24.3 Å². The number of hydrogen-bond donors (Lipinski definition) is 1. The fourth-order valence-electron chi connectivity index (χ4n) is 3.23. The van der Waals surface area contributed by atoms with Crippen molar-refractivity contribution in [3.8, 4) is 5.75 Å². The Hall–Kier alpha value is -1.10. The molecule has 1 heterocycles. The van der Waals surface area contributed by atoms with Crippen molar-refractivity contribution in [3.63, 3.8) is 0 Å². The molecule has 1 saturated heterocycles. The second kappa shape index (κ2) is 10.0. The number of nitrogens with zero attached hydrogens (tertiary/aromatic N) is 1. The molecule has 1 aromatic rings. The number of carbonyl (C=O) groups excluding carboxylic acids is 1. The monoisotopic (exact) mass is 352 g/mol. The lowest BCUT2D eigenvalue weighted by Gasteiger charge is -2.34. The number of likely N-dealkylation sites (tertiary alicyclic amines) is 1. The highest BCUT2D eigenvalue weighted by Gasteiger charge is 2.27. The van der Waals surface area contributed by atoms with Crippen molar-refractivity contribution in [2.45, 2.75) is 56.5 Å². The molecule has 3 unspecified atom stereocenters. The van der Waals surface area contributed by atoms with Crippen LogP contribution in [0.2, 0.25) is 0 Å². The fourth-order valence-corrected chi connectivity index (χ4v) is 3.53. The van der Waals surface area contributed by atoms with E-state index in [4.69, 9.17) is 22.1 Å². The zero-order valence-corrected chi connectivity index (χ0v) is 15.3. The van der Waals surface area contributed by atoms with Crippen LogP contribution in [-0.4, -0.2) is 42.4 Å². The van der Waals surface area contributed by atoms with Crippen molar-refractivity contribution in [2.24, 2.45) is 5.73 Å². The minimum atomic E-state index is -0.293. The Morgan fingerprint density at radius 1 is 1.29 bits per heavy atom. The highest BCUT2D eigenvalue weighted by atomic mass is 35.5. The van der Waals surface area contributed by atoms with E-state index < -0.39 is 0 Å². The molecule has 0 radical (unpaired) electrons. The van der Waals surface area contributed by atoms with Gasteiger partial charge in [0.2, 0.25) is 0 Å². The number of para-hydroxylation sites is 1. The normalized spacial score (nSPS) is 19.5. The van der Waals surface area contributed by atoms with Gasteiger partial charge < -0.3 is 15.3 Å². The number of nitrogens with two attached hydrogens (primary N) is 1. The quantitative estimate of drug-likeness (QED) is 0.419. The number of ether oxygens (including phenoxy) is 1. The van der Waals surface area contributed by atoms with Gasteiger partial charge in [0, 0.05) is 17.5 Å². The Bertz CT molecular complexity index is 506. The van der Waals surface area contributed by atoms with Crippen LogP contribution in [0, 0.1) is 0 Å². The summed E-state index contributed by atoms with van der Waals surface area (Å²) in [5.41, 5.74) is 7.02. The van der Waals surface area contributed by atoms with Crippen LogP contribution in [-0.2, 0) is 4.79 Å². The first kappa shape index (κ1) is 19.2. The molecular formula is C19H29ClN2O2. The number of alkyl halides is 1. The summed E-state index contributed by atoms with van der Waals surface area (Å²) in [6.07, 6.45) is 6.02. The largest absolute Gasteiger partial charge is 0.493 e. The molecule has 0 spiro atoms. The van der Waals surface area contributed by atoms with E-state index in [-0.39, 0.29) is 17.5 Å². The highest BCUT2D eigenvalue weighted by Crippen LogP contribution is 2.30. The maximum Gasteiger partial charge on any atom is 0.127 e. The van der Waals surface area contributed by atoms with Gasteiger partial charge in [-0.25, -0.2) is 0 Å². The molecular weight excluding hydrogens is 324 g/mol. The van der Waals surface area contributed by atoms with Gasteiger partial charge >= 0.3 is 0 Å². The van der Waals surface area contributed by atoms with E-state index in [0.717, 1.165) is 37.1 Å². The second-order valence-corrected chi connectivity index (χ2v) is 6.94. The van der Waals surface area contributed by atoms with Gasteiger partial charge in [0.15, 0.2) is 0 Å². The summed E-state index contributed by atoms with van der Waals surface area (Å²) in [5.74, 6) is 0.479. The molecule has 0 amide bonds. The van der Waals surface area contributed by atoms with E-state index in [1.54, 1.807) is 0 Å². The van der Waals surface area contributed by atoms with Crippen LogP contribution < -0.4 is 10.5 Å². The summed E-state index contributed by atoms with van der Waals surface area (Å²) in [7, 11) is 0. The summed E-state index contributed by atoms with van der Waals surface area (Å²) in [5, 5.41) is 0. The second-order valence-electron chi connectivity index (χ2n) is 6.50. The zero-order chi connectivity index (χ0) is 17.4. The Kier molecular flexibility index (Phi) is 8.03. The van der Waals surface area contributed by atoms with Gasteiger partial charge in [-0.1, -0.05) is 31.5 Å². The lowest BCUT2D eigenvalue weighted by molar-refractivity contribution is -0.109. The third-order valence-corrected chi connectivity index (χ3v) is 5.16. The summed E-state index contributed by atoms with van der Waals surface area (Å²) in [6, 6.07) is 7.46. The molecule has 24 heavy (non-hydrogen) atoms. The molecule has 2 rings (SSSR count). The summed E-state index contributed by atoms with van der Waals surface area (Å²) in [6.45, 7) is 4.68. The number of aldehydes is 1. The number of benzene rings is 1. The predicted octanol–water partition coefficient (Wildman–Crippen LogP) is 3.53. The number of carbonyl (C=O) groups is 1. The molecule has 0 bridgehead atoms. The molecule has 3 atom stereocenters. The van der Waals surface area contributed by atoms with E-state index in [2.05, 4.69) is 11.8 Å². The first-order valence-electron chi connectivity index (χ1n) is 8.98. The third kappa shape index (κ3) is 5.20. The Morgan fingerprint density at radius 3 is 2.67 bits per heavy atom. The zero-order valence-electron chi connectivity index (χ0n) is 14.5. The minimum absolute atomic E-state index is 0.225. The van der Waals surface area contributed by atoms with Gasteiger partial charge in [0.1, 0.15) is 17.5 Å². The molecule has 1 aliphatic heterocycles. The summed E-state index contributed by atoms with van der Waals surface area (Å²) >= 11 is 6.58. The Morgan fingerprint density at radius 2 is 2.00 bits per heavy atom. The van der Waals surface area contributed by atoms with E-state index >= 15 is 0 Å². The topological polar surface area (TPSA) is 55.6 Å². The lowest BCUT2D eigenvalue weighted by atomic mass is 9.92. The summed E-state index contributed by atoms with van der Waals surface area (Å²) < 4.78 is 5.78. The predicted molar refractivity (Wildman–Crippen MR) is 98.7 cm³/mol. The number of halogens is 1. The molecule has 1 aliphatic rings. The van der Waals surface area contributed by atoms with Gasteiger partial charge in [-0.2, -0.15) is 0 Å². The van der Waals surface area contributed by atoms with Gasteiger partial charge in [-0.3, -0.25) is 4.90 Å². The number of rotatable bonds is 9. The molecule has 5 heteroatoms. The SMILES string of the molecule is CCCOc1ccccc1C(C=O)CC(N)C(Cl)N1CCCCC1. The van der Waals surface area contributed by atoms with Crippen LogP contribution in [0.5, 0.6) is 5.75 Å². The van der Waals surface area contributed by atoms with Crippen LogP contribution in [0.25, 0.3) is 0 Å². The number of piperidine rings is 1. The van der Waals surface area contributed by atoms with Crippen LogP contribution in [0.15, 0.2) is 24.3 Å². The first-order chi connectivity index (χ1) is 11.7. The van der Waals surface area contributed by atoms with Crippen molar-refractivity contribution in [3.05, 3.63) is 29.8 Å². The number of hydrogen-bond acceptors (Lipinski definition) is 4. The smallest absolute Gasteiger partial charge is 0.127 e. The molecule has 0 aliphatic carbocycles. The van der Waals surface area contributed by atoms with Crippen LogP contribution in [0.1, 0.15) is 50.5 Å². The molecule has 0 saturated carbocycles. The van der Waals surface area contributed by atoms with Gasteiger partial charge in [-0.15, -0.1) is 11.6 Å². The molecule has 0 aromatic heterocycles. The van der Waals surface area contributed by atoms with Crippen LogP contribution >= 0.6 is 11.6 Å². The molecule has 1 fully saturated rings. The van der Waals surface area contributed by atoms with E-state index in [0.29, 0.717) is 13.0 Å². The maximum atomic E-state index is 11.7. The van der Waals surface area contributed by atoms with Gasteiger partial charge in [-0.05, 0) is 44.8 Å².